The van der Waals surface area contributed by atoms with E-state index in [-0.39, 0.29) is 24.0 Å². The van der Waals surface area contributed by atoms with Crippen LogP contribution in [0.25, 0.3) is 0 Å². The van der Waals surface area contributed by atoms with Crippen LogP contribution in [-0.4, -0.2) is 43.9 Å². The molecule has 1 aromatic heterocycles. The van der Waals surface area contributed by atoms with E-state index < -0.39 is 0 Å². The van der Waals surface area contributed by atoms with Crippen LogP contribution in [0.1, 0.15) is 51.0 Å². The summed E-state index contributed by atoms with van der Waals surface area (Å²) in [7, 11) is 1.78. The van der Waals surface area contributed by atoms with E-state index in [1.54, 1.807) is 7.05 Å². The molecule has 0 saturated heterocycles. The van der Waals surface area contributed by atoms with Gasteiger partial charge in [-0.1, -0.05) is 6.07 Å². The van der Waals surface area contributed by atoms with Crippen LogP contribution in [-0.2, 0) is 11.3 Å². The molecule has 0 aromatic carbocycles. The van der Waals surface area contributed by atoms with E-state index in [1.165, 1.54) is 12.8 Å². The molecule has 0 amide bonds. The quantitative estimate of drug-likeness (QED) is 0.234. The third kappa shape index (κ3) is 9.02. The molecule has 2 rings (SSSR count). The molecule has 26 heavy (non-hydrogen) atoms. The number of pyridine rings is 1. The van der Waals surface area contributed by atoms with Gasteiger partial charge in [0.1, 0.15) is 6.10 Å². The summed E-state index contributed by atoms with van der Waals surface area (Å²) < 4.78 is 11.2. The molecule has 1 fully saturated rings. The van der Waals surface area contributed by atoms with E-state index in [1.807, 2.05) is 19.2 Å². The van der Waals surface area contributed by atoms with Gasteiger partial charge in [-0.3, -0.25) is 4.99 Å². The predicted molar refractivity (Wildman–Crippen MR) is 116 cm³/mol. The lowest BCUT2D eigenvalue weighted by atomic mass is 10.3. The van der Waals surface area contributed by atoms with Gasteiger partial charge in [-0.25, -0.2) is 4.98 Å². The van der Waals surface area contributed by atoms with Crippen LogP contribution in [0, 0.1) is 0 Å². The van der Waals surface area contributed by atoms with Crippen LogP contribution in [0.15, 0.2) is 23.3 Å². The Hall–Kier alpha value is -1.09. The standard InChI is InChI=1S/C19H32N4O2.HI/c1-3-24-13-7-6-12-21-19(20-2)23-15-16-10-11-18(22-14-16)25-17-8-4-5-9-17;/h10-11,14,17H,3-9,12-13,15H2,1-2H3,(H2,20,21,23);1H. The molecule has 2 N–H and O–H groups in total. The van der Waals surface area contributed by atoms with Gasteiger partial charge in [0.25, 0.3) is 0 Å². The average Bonchev–Trinajstić information content (AvgIpc) is 3.15. The molecular formula is C19H33IN4O2. The summed E-state index contributed by atoms with van der Waals surface area (Å²) in [5.41, 5.74) is 1.11. The Morgan fingerprint density at radius 3 is 2.69 bits per heavy atom. The molecule has 0 radical (unpaired) electrons. The van der Waals surface area contributed by atoms with Gasteiger partial charge in [-0.05, 0) is 51.0 Å². The maximum Gasteiger partial charge on any atom is 0.213 e. The minimum atomic E-state index is 0. The summed E-state index contributed by atoms with van der Waals surface area (Å²) in [4.78, 5) is 8.65. The molecule has 7 heteroatoms. The molecule has 0 unspecified atom stereocenters. The second-order valence-electron chi connectivity index (χ2n) is 6.29. The summed E-state index contributed by atoms with van der Waals surface area (Å²) in [6.45, 7) is 5.21. The number of halogens is 1. The van der Waals surface area contributed by atoms with E-state index in [9.17, 15) is 0 Å². The molecular weight excluding hydrogens is 443 g/mol. The highest BCUT2D eigenvalue weighted by molar-refractivity contribution is 14.0. The maximum atomic E-state index is 5.89. The van der Waals surface area contributed by atoms with Gasteiger partial charge in [0.05, 0.1) is 0 Å². The van der Waals surface area contributed by atoms with E-state index in [0.717, 1.165) is 62.8 Å². The molecule has 1 saturated carbocycles. The van der Waals surface area contributed by atoms with Gasteiger partial charge in [0.2, 0.25) is 5.88 Å². The summed E-state index contributed by atoms with van der Waals surface area (Å²) in [5.74, 6) is 1.54. The normalized spacial score (nSPS) is 14.8. The van der Waals surface area contributed by atoms with E-state index in [2.05, 4.69) is 26.7 Å². The molecule has 1 aliphatic carbocycles. The third-order valence-corrected chi connectivity index (χ3v) is 4.28. The van der Waals surface area contributed by atoms with Crippen molar-refractivity contribution in [3.05, 3.63) is 23.9 Å². The van der Waals surface area contributed by atoms with Crippen molar-refractivity contribution in [1.29, 1.82) is 0 Å². The van der Waals surface area contributed by atoms with Crippen LogP contribution in [0.4, 0.5) is 0 Å². The molecule has 1 aliphatic rings. The van der Waals surface area contributed by atoms with Crippen LogP contribution < -0.4 is 15.4 Å². The lowest BCUT2D eigenvalue weighted by Gasteiger charge is -2.13. The molecule has 1 heterocycles. The number of aliphatic imine (C=N–C) groups is 1. The van der Waals surface area contributed by atoms with Crippen molar-refractivity contribution in [2.75, 3.05) is 26.8 Å². The summed E-state index contributed by atoms with van der Waals surface area (Å²) in [5, 5.41) is 6.62. The number of nitrogens with one attached hydrogen (secondary N) is 2. The van der Waals surface area contributed by atoms with Gasteiger partial charge in [-0.15, -0.1) is 24.0 Å². The molecule has 148 valence electrons. The molecule has 0 bridgehead atoms. The number of hydrogen-bond donors (Lipinski definition) is 2. The minimum absolute atomic E-state index is 0. The van der Waals surface area contributed by atoms with Gasteiger partial charge < -0.3 is 20.1 Å². The first-order valence-electron chi connectivity index (χ1n) is 9.45. The highest BCUT2D eigenvalue weighted by atomic mass is 127. The minimum Gasteiger partial charge on any atom is -0.474 e. The Morgan fingerprint density at radius 2 is 2.04 bits per heavy atom. The Morgan fingerprint density at radius 1 is 1.23 bits per heavy atom. The molecule has 0 aliphatic heterocycles. The monoisotopic (exact) mass is 476 g/mol. The second kappa shape index (κ2) is 14.0. The zero-order chi connectivity index (χ0) is 17.7. The summed E-state index contributed by atoms with van der Waals surface area (Å²) >= 11 is 0. The first-order chi connectivity index (χ1) is 12.3. The number of unbranched alkanes of at least 4 members (excludes halogenated alkanes) is 1. The van der Waals surface area contributed by atoms with Gasteiger partial charge in [0.15, 0.2) is 5.96 Å². The number of hydrogen-bond acceptors (Lipinski definition) is 4. The fourth-order valence-corrected chi connectivity index (χ4v) is 2.85. The predicted octanol–water partition coefficient (Wildman–Crippen LogP) is 3.50. The van der Waals surface area contributed by atoms with Crippen molar-refractivity contribution in [3.8, 4) is 5.88 Å². The van der Waals surface area contributed by atoms with Crippen LogP contribution in [0.5, 0.6) is 5.88 Å². The Bertz CT molecular complexity index is 505. The van der Waals surface area contributed by atoms with Crippen LogP contribution in [0.3, 0.4) is 0 Å². The Balaban J connectivity index is 0.00000338. The van der Waals surface area contributed by atoms with E-state index in [4.69, 9.17) is 9.47 Å². The fourth-order valence-electron chi connectivity index (χ4n) is 2.85. The third-order valence-electron chi connectivity index (χ3n) is 4.28. The van der Waals surface area contributed by atoms with Crippen LogP contribution in [0.2, 0.25) is 0 Å². The van der Waals surface area contributed by atoms with Crippen molar-refractivity contribution in [3.63, 3.8) is 0 Å². The van der Waals surface area contributed by atoms with Gasteiger partial charge in [-0.2, -0.15) is 0 Å². The lowest BCUT2D eigenvalue weighted by molar-refractivity contribution is 0.143. The number of aromatic nitrogens is 1. The van der Waals surface area contributed by atoms with Crippen molar-refractivity contribution >= 4 is 29.9 Å². The number of ether oxygens (including phenoxy) is 2. The fraction of sp³-hybridized carbons (Fsp3) is 0.684. The van der Waals surface area contributed by atoms with E-state index in [0.29, 0.717) is 12.6 Å². The summed E-state index contributed by atoms with van der Waals surface area (Å²) in [6.07, 6.45) is 9.18. The van der Waals surface area contributed by atoms with Crippen molar-refractivity contribution < 1.29 is 9.47 Å². The lowest BCUT2D eigenvalue weighted by Crippen LogP contribution is -2.37. The van der Waals surface area contributed by atoms with Crippen LogP contribution >= 0.6 is 24.0 Å². The summed E-state index contributed by atoms with van der Waals surface area (Å²) in [6, 6.07) is 4.01. The number of nitrogens with zero attached hydrogens (tertiary/aromatic N) is 2. The highest BCUT2D eigenvalue weighted by Crippen LogP contribution is 2.22. The molecule has 1 aromatic rings. The zero-order valence-corrected chi connectivity index (χ0v) is 18.3. The van der Waals surface area contributed by atoms with Crippen molar-refractivity contribution in [2.45, 2.75) is 58.1 Å². The SMILES string of the molecule is CCOCCCCNC(=NC)NCc1ccc(OC2CCCC2)nc1.I. The maximum absolute atomic E-state index is 5.89. The smallest absolute Gasteiger partial charge is 0.213 e. The first-order valence-corrected chi connectivity index (χ1v) is 9.45. The second-order valence-corrected chi connectivity index (χ2v) is 6.29. The van der Waals surface area contributed by atoms with Crippen molar-refractivity contribution in [2.24, 2.45) is 4.99 Å². The molecule has 0 spiro atoms. The first kappa shape index (κ1) is 23.0. The molecule has 6 nitrogen and oxygen atoms in total. The van der Waals surface area contributed by atoms with Crippen molar-refractivity contribution in [1.82, 2.24) is 15.6 Å². The number of rotatable bonds is 10. The Labute approximate surface area is 174 Å². The van der Waals surface area contributed by atoms with Gasteiger partial charge >= 0.3 is 0 Å². The highest BCUT2D eigenvalue weighted by Gasteiger charge is 2.16. The number of guanidine groups is 1. The average molecular weight is 476 g/mol. The Kier molecular flexibility index (Phi) is 12.4. The zero-order valence-electron chi connectivity index (χ0n) is 16.0. The van der Waals surface area contributed by atoms with E-state index >= 15 is 0 Å². The largest absolute Gasteiger partial charge is 0.474 e. The topological polar surface area (TPSA) is 67.8 Å². The molecule has 0 atom stereocenters. The van der Waals surface area contributed by atoms with Gasteiger partial charge in [0, 0.05) is 45.6 Å².